The summed E-state index contributed by atoms with van der Waals surface area (Å²) in [6, 6.07) is 26.8. The molecule has 0 spiro atoms. The van der Waals surface area contributed by atoms with Crippen molar-refractivity contribution in [2.75, 3.05) is 5.32 Å². The zero-order valence-electron chi connectivity index (χ0n) is 18.1. The molecular formula is C27H25N3O2. The van der Waals surface area contributed by atoms with Gasteiger partial charge in [0.1, 0.15) is 0 Å². The highest BCUT2D eigenvalue weighted by atomic mass is 16.2. The zero-order valence-corrected chi connectivity index (χ0v) is 18.1. The van der Waals surface area contributed by atoms with Gasteiger partial charge in [-0.15, -0.1) is 0 Å². The molecule has 3 aromatic carbocycles. The normalized spacial score (nSPS) is 11.7. The van der Waals surface area contributed by atoms with Gasteiger partial charge in [-0.2, -0.15) is 0 Å². The average Bonchev–Trinajstić information content (AvgIpc) is 2.82. The number of nitrogens with one attached hydrogen (secondary N) is 2. The summed E-state index contributed by atoms with van der Waals surface area (Å²) in [5.74, 6) is -0.511. The van der Waals surface area contributed by atoms with Crippen molar-refractivity contribution in [3.05, 3.63) is 96.1 Å². The van der Waals surface area contributed by atoms with E-state index in [9.17, 15) is 9.59 Å². The first-order valence-corrected chi connectivity index (χ1v) is 10.7. The predicted molar refractivity (Wildman–Crippen MR) is 128 cm³/mol. The van der Waals surface area contributed by atoms with Crippen LogP contribution < -0.4 is 10.6 Å². The number of rotatable bonds is 6. The van der Waals surface area contributed by atoms with Crippen LogP contribution in [-0.2, 0) is 4.79 Å². The Balaban J connectivity index is 1.90. The topological polar surface area (TPSA) is 71.1 Å². The van der Waals surface area contributed by atoms with E-state index in [-0.39, 0.29) is 17.9 Å². The van der Waals surface area contributed by atoms with Crippen molar-refractivity contribution in [3.8, 4) is 11.3 Å². The lowest BCUT2D eigenvalue weighted by Gasteiger charge is -2.21. The quantitative estimate of drug-likeness (QED) is 0.415. The van der Waals surface area contributed by atoms with E-state index >= 15 is 0 Å². The number of carbonyl (C=O) groups excluding carboxylic acids is 2. The molecule has 1 atom stereocenters. The molecule has 4 rings (SSSR count). The molecular weight excluding hydrogens is 398 g/mol. The molecule has 5 nitrogen and oxygen atoms in total. The van der Waals surface area contributed by atoms with Gasteiger partial charge in [0.25, 0.3) is 5.91 Å². The van der Waals surface area contributed by atoms with Gasteiger partial charge in [0.2, 0.25) is 5.91 Å². The number of aromatic nitrogens is 1. The smallest absolute Gasteiger partial charge is 0.254 e. The minimum atomic E-state index is -0.261. The van der Waals surface area contributed by atoms with Crippen molar-refractivity contribution in [3.63, 3.8) is 0 Å². The molecule has 1 aromatic heterocycles. The SMILES string of the molecule is CC[C@H](NC(=O)c1c(NC(C)=O)c(-c2ccccc2)nc2ccccc12)c1ccccc1. The van der Waals surface area contributed by atoms with Gasteiger partial charge in [-0.25, -0.2) is 4.98 Å². The summed E-state index contributed by atoms with van der Waals surface area (Å²) in [5.41, 5.74) is 3.95. The Labute approximate surface area is 187 Å². The minimum absolute atomic E-state index is 0.152. The molecule has 160 valence electrons. The van der Waals surface area contributed by atoms with Crippen LogP contribution in [0.2, 0.25) is 0 Å². The Morgan fingerprint density at radius 3 is 2.16 bits per heavy atom. The van der Waals surface area contributed by atoms with Gasteiger partial charge in [-0.1, -0.05) is 85.8 Å². The lowest BCUT2D eigenvalue weighted by atomic mass is 9.99. The Morgan fingerprint density at radius 2 is 1.50 bits per heavy atom. The van der Waals surface area contributed by atoms with Gasteiger partial charge >= 0.3 is 0 Å². The number of anilines is 1. The molecule has 0 aliphatic heterocycles. The number of fused-ring (bicyclic) bond motifs is 1. The van der Waals surface area contributed by atoms with E-state index in [1.54, 1.807) is 0 Å². The second kappa shape index (κ2) is 9.43. The van der Waals surface area contributed by atoms with Gasteiger partial charge in [0.15, 0.2) is 0 Å². The molecule has 32 heavy (non-hydrogen) atoms. The van der Waals surface area contributed by atoms with Gasteiger partial charge in [-0.3, -0.25) is 9.59 Å². The Kier molecular flexibility index (Phi) is 6.26. The van der Waals surface area contributed by atoms with Crippen LogP contribution in [-0.4, -0.2) is 16.8 Å². The van der Waals surface area contributed by atoms with Crippen LogP contribution in [0.15, 0.2) is 84.9 Å². The first-order chi connectivity index (χ1) is 15.6. The van der Waals surface area contributed by atoms with Crippen molar-refractivity contribution in [2.45, 2.75) is 26.3 Å². The van der Waals surface area contributed by atoms with E-state index in [1.165, 1.54) is 6.92 Å². The van der Waals surface area contributed by atoms with Gasteiger partial charge in [0, 0.05) is 17.9 Å². The van der Waals surface area contributed by atoms with Crippen LogP contribution in [0, 0.1) is 0 Å². The minimum Gasteiger partial charge on any atom is -0.345 e. The summed E-state index contributed by atoms with van der Waals surface area (Å²) in [4.78, 5) is 30.6. The summed E-state index contributed by atoms with van der Waals surface area (Å²) in [6.45, 7) is 3.47. The molecule has 5 heteroatoms. The second-order valence-corrected chi connectivity index (χ2v) is 7.62. The highest BCUT2D eigenvalue weighted by molar-refractivity contribution is 6.15. The molecule has 0 radical (unpaired) electrons. The molecule has 1 heterocycles. The number of carbonyl (C=O) groups is 2. The summed E-state index contributed by atoms with van der Waals surface area (Å²) in [6.07, 6.45) is 0.736. The third-order valence-corrected chi connectivity index (χ3v) is 5.38. The molecule has 0 saturated heterocycles. The first-order valence-electron chi connectivity index (χ1n) is 10.7. The fraction of sp³-hybridized carbons (Fsp3) is 0.148. The lowest BCUT2D eigenvalue weighted by molar-refractivity contribution is -0.114. The average molecular weight is 424 g/mol. The molecule has 0 saturated carbocycles. The molecule has 2 amide bonds. The van der Waals surface area contributed by atoms with E-state index in [0.29, 0.717) is 27.8 Å². The maximum atomic E-state index is 13.7. The number of nitrogens with zero attached hydrogens (tertiary/aromatic N) is 1. The first kappa shape index (κ1) is 21.2. The molecule has 0 aliphatic rings. The second-order valence-electron chi connectivity index (χ2n) is 7.62. The van der Waals surface area contributed by atoms with Gasteiger partial charge in [0.05, 0.1) is 28.5 Å². The summed E-state index contributed by atoms with van der Waals surface area (Å²) in [7, 11) is 0. The fourth-order valence-electron chi connectivity index (χ4n) is 3.89. The van der Waals surface area contributed by atoms with Crippen molar-refractivity contribution >= 4 is 28.4 Å². The third-order valence-electron chi connectivity index (χ3n) is 5.38. The van der Waals surface area contributed by atoms with Crippen LogP contribution in [0.1, 0.15) is 42.2 Å². The molecule has 0 unspecified atom stereocenters. The van der Waals surface area contributed by atoms with E-state index in [1.807, 2.05) is 91.9 Å². The number of pyridine rings is 1. The zero-order chi connectivity index (χ0) is 22.5. The highest BCUT2D eigenvalue weighted by Crippen LogP contribution is 2.35. The largest absolute Gasteiger partial charge is 0.345 e. The fourth-order valence-corrected chi connectivity index (χ4v) is 3.89. The number of para-hydroxylation sites is 1. The van der Waals surface area contributed by atoms with E-state index in [4.69, 9.17) is 4.98 Å². The monoisotopic (exact) mass is 423 g/mol. The number of benzene rings is 3. The van der Waals surface area contributed by atoms with Crippen LogP contribution in [0.3, 0.4) is 0 Å². The maximum Gasteiger partial charge on any atom is 0.254 e. The number of hydrogen-bond donors (Lipinski definition) is 2. The molecule has 4 aromatic rings. The van der Waals surface area contributed by atoms with Crippen molar-refractivity contribution in [1.29, 1.82) is 0 Å². The number of amides is 2. The lowest BCUT2D eigenvalue weighted by Crippen LogP contribution is -2.29. The van der Waals surface area contributed by atoms with E-state index < -0.39 is 0 Å². The van der Waals surface area contributed by atoms with E-state index in [2.05, 4.69) is 10.6 Å². The molecule has 0 fully saturated rings. The van der Waals surface area contributed by atoms with E-state index in [0.717, 1.165) is 17.5 Å². The predicted octanol–water partition coefficient (Wildman–Crippen LogP) is 5.74. The molecule has 2 N–H and O–H groups in total. The third kappa shape index (κ3) is 4.37. The van der Waals surface area contributed by atoms with Crippen molar-refractivity contribution < 1.29 is 9.59 Å². The summed E-state index contributed by atoms with van der Waals surface area (Å²) >= 11 is 0. The highest BCUT2D eigenvalue weighted by Gasteiger charge is 2.24. The standard InChI is InChI=1S/C27H25N3O2/c1-3-22(19-12-6-4-7-13-19)30-27(32)24-21-16-10-11-17-23(21)29-25(26(24)28-18(2)31)20-14-8-5-9-15-20/h4-17,22H,3H2,1-2H3,(H,28,31)(H,30,32)/t22-/m0/s1. The van der Waals surface area contributed by atoms with Crippen LogP contribution >= 0.6 is 0 Å². The molecule has 0 aliphatic carbocycles. The number of hydrogen-bond acceptors (Lipinski definition) is 3. The Hall–Kier alpha value is -3.99. The summed E-state index contributed by atoms with van der Waals surface area (Å²) in [5, 5.41) is 6.74. The van der Waals surface area contributed by atoms with Crippen LogP contribution in [0.4, 0.5) is 5.69 Å². The molecule has 0 bridgehead atoms. The Bertz CT molecular complexity index is 1250. The van der Waals surface area contributed by atoms with Crippen LogP contribution in [0.25, 0.3) is 22.2 Å². The Morgan fingerprint density at radius 1 is 0.875 bits per heavy atom. The van der Waals surface area contributed by atoms with Crippen molar-refractivity contribution in [1.82, 2.24) is 10.3 Å². The van der Waals surface area contributed by atoms with Crippen molar-refractivity contribution in [2.24, 2.45) is 0 Å². The summed E-state index contributed by atoms with van der Waals surface area (Å²) < 4.78 is 0. The van der Waals surface area contributed by atoms with Gasteiger partial charge < -0.3 is 10.6 Å². The van der Waals surface area contributed by atoms with Crippen LogP contribution in [0.5, 0.6) is 0 Å². The van der Waals surface area contributed by atoms with Gasteiger partial charge in [-0.05, 0) is 18.1 Å². The maximum absolute atomic E-state index is 13.7.